The Morgan fingerprint density at radius 3 is 2.76 bits per heavy atom. The predicted molar refractivity (Wildman–Crippen MR) is 76.4 cm³/mol. The molecule has 2 rings (SSSR count). The van der Waals surface area contributed by atoms with E-state index in [2.05, 4.69) is 10.3 Å². The lowest BCUT2D eigenvalue weighted by molar-refractivity contribution is -0.384. The van der Waals surface area contributed by atoms with Crippen molar-refractivity contribution in [2.24, 2.45) is 0 Å². The van der Waals surface area contributed by atoms with Crippen molar-refractivity contribution in [2.45, 2.75) is 13.5 Å². The molecule has 0 saturated carbocycles. The van der Waals surface area contributed by atoms with Crippen molar-refractivity contribution in [1.82, 2.24) is 4.98 Å². The summed E-state index contributed by atoms with van der Waals surface area (Å²) < 4.78 is 0. The number of hydrogen-bond acceptors (Lipinski definition) is 5. The lowest BCUT2D eigenvalue weighted by Gasteiger charge is -2.08. The second-order valence-electron chi connectivity index (χ2n) is 4.42. The number of aryl methyl sites for hydroxylation is 1. The quantitative estimate of drug-likeness (QED) is 0.646. The summed E-state index contributed by atoms with van der Waals surface area (Å²) in [5.74, 6) is -1.14. The maximum atomic E-state index is 11.0. The van der Waals surface area contributed by atoms with Crippen molar-refractivity contribution >= 4 is 17.3 Å². The van der Waals surface area contributed by atoms with Crippen molar-refractivity contribution in [3.63, 3.8) is 0 Å². The van der Waals surface area contributed by atoms with Gasteiger partial charge in [0.15, 0.2) is 0 Å². The Morgan fingerprint density at radius 1 is 1.38 bits per heavy atom. The molecular weight excluding hydrogens is 274 g/mol. The van der Waals surface area contributed by atoms with Crippen LogP contribution in [0.5, 0.6) is 0 Å². The van der Waals surface area contributed by atoms with E-state index in [0.29, 0.717) is 5.69 Å². The maximum Gasteiger partial charge on any atom is 0.335 e. The van der Waals surface area contributed by atoms with Crippen molar-refractivity contribution in [3.05, 3.63) is 63.5 Å². The van der Waals surface area contributed by atoms with Crippen molar-refractivity contribution in [1.29, 1.82) is 0 Å². The molecule has 0 bridgehead atoms. The fourth-order valence-electron chi connectivity index (χ4n) is 1.85. The Hall–Kier alpha value is -2.96. The fourth-order valence-corrected chi connectivity index (χ4v) is 1.85. The first-order chi connectivity index (χ1) is 9.97. The third-order valence-electron chi connectivity index (χ3n) is 2.85. The highest BCUT2D eigenvalue weighted by molar-refractivity contribution is 5.90. The minimum Gasteiger partial charge on any atom is -0.478 e. The van der Waals surface area contributed by atoms with E-state index >= 15 is 0 Å². The first-order valence-electron chi connectivity index (χ1n) is 6.15. The molecule has 0 amide bonds. The summed E-state index contributed by atoms with van der Waals surface area (Å²) in [6.07, 6.45) is 0. The molecule has 0 aliphatic rings. The van der Waals surface area contributed by atoms with Crippen LogP contribution in [-0.2, 0) is 6.54 Å². The Labute approximate surface area is 120 Å². The van der Waals surface area contributed by atoms with Gasteiger partial charge >= 0.3 is 5.97 Å². The van der Waals surface area contributed by atoms with Crippen LogP contribution in [0.25, 0.3) is 0 Å². The zero-order valence-corrected chi connectivity index (χ0v) is 11.2. The van der Waals surface area contributed by atoms with Crippen molar-refractivity contribution in [3.8, 4) is 0 Å². The number of anilines is 1. The molecule has 1 heterocycles. The minimum absolute atomic E-state index is 0.0136. The summed E-state index contributed by atoms with van der Waals surface area (Å²) in [6, 6.07) is 9.09. The lowest BCUT2D eigenvalue weighted by Crippen LogP contribution is -2.06. The molecular formula is C14H13N3O4. The van der Waals surface area contributed by atoms with Gasteiger partial charge in [0.05, 0.1) is 22.7 Å². The molecule has 7 heteroatoms. The molecule has 21 heavy (non-hydrogen) atoms. The third kappa shape index (κ3) is 3.53. The number of rotatable bonds is 5. The molecule has 1 aromatic carbocycles. The molecule has 1 aromatic heterocycles. The molecule has 0 aliphatic carbocycles. The van der Waals surface area contributed by atoms with E-state index in [4.69, 9.17) is 5.11 Å². The molecule has 0 atom stereocenters. The van der Waals surface area contributed by atoms with Crippen LogP contribution in [-0.4, -0.2) is 21.0 Å². The molecule has 2 N–H and O–H groups in total. The van der Waals surface area contributed by atoms with Crippen molar-refractivity contribution in [2.75, 3.05) is 5.32 Å². The number of nitro benzene ring substituents is 1. The number of carboxylic acids is 1. The number of carboxylic acid groups (broad SMARTS) is 1. The number of aromatic nitrogens is 1. The first kappa shape index (κ1) is 14.4. The van der Waals surface area contributed by atoms with E-state index in [-0.39, 0.29) is 23.5 Å². The fraction of sp³-hybridized carbons (Fsp3) is 0.143. The van der Waals surface area contributed by atoms with E-state index in [0.717, 1.165) is 5.69 Å². The van der Waals surface area contributed by atoms with Crippen LogP contribution in [0.1, 0.15) is 21.7 Å². The van der Waals surface area contributed by atoms with Gasteiger partial charge in [0.2, 0.25) is 0 Å². The first-order valence-corrected chi connectivity index (χ1v) is 6.15. The van der Waals surface area contributed by atoms with Gasteiger partial charge in [-0.05, 0) is 31.2 Å². The van der Waals surface area contributed by atoms with Gasteiger partial charge in [-0.15, -0.1) is 0 Å². The summed E-state index contributed by atoms with van der Waals surface area (Å²) >= 11 is 0. The van der Waals surface area contributed by atoms with E-state index in [9.17, 15) is 14.9 Å². The van der Waals surface area contributed by atoms with Gasteiger partial charge in [-0.3, -0.25) is 15.1 Å². The largest absolute Gasteiger partial charge is 0.478 e. The molecule has 0 unspecified atom stereocenters. The van der Waals surface area contributed by atoms with Gasteiger partial charge < -0.3 is 10.4 Å². The highest BCUT2D eigenvalue weighted by atomic mass is 16.6. The Bertz CT molecular complexity index is 700. The average Bonchev–Trinajstić information content (AvgIpc) is 2.44. The summed E-state index contributed by atoms with van der Waals surface area (Å²) in [7, 11) is 0. The summed E-state index contributed by atoms with van der Waals surface area (Å²) in [5.41, 5.74) is 1.52. The zero-order valence-electron chi connectivity index (χ0n) is 11.2. The van der Waals surface area contributed by atoms with E-state index in [1.165, 1.54) is 18.2 Å². The Morgan fingerprint density at radius 2 is 2.14 bits per heavy atom. The van der Waals surface area contributed by atoms with Gasteiger partial charge in [0.25, 0.3) is 5.69 Å². The van der Waals surface area contributed by atoms with Crippen LogP contribution in [0, 0.1) is 17.0 Å². The number of aromatic carboxylic acids is 1. The van der Waals surface area contributed by atoms with Gasteiger partial charge in [-0.1, -0.05) is 6.07 Å². The maximum absolute atomic E-state index is 11.0. The summed E-state index contributed by atoms with van der Waals surface area (Å²) in [4.78, 5) is 25.6. The van der Waals surface area contributed by atoms with Crippen LogP contribution in [0.3, 0.4) is 0 Å². The molecule has 0 aliphatic heterocycles. The highest BCUT2D eigenvalue weighted by Crippen LogP contribution is 2.26. The predicted octanol–water partition coefficient (Wildman–Crippen LogP) is 2.61. The van der Waals surface area contributed by atoms with Crippen LogP contribution >= 0.6 is 0 Å². The highest BCUT2D eigenvalue weighted by Gasteiger charge is 2.16. The number of benzene rings is 1. The number of pyridine rings is 1. The van der Waals surface area contributed by atoms with Gasteiger partial charge in [0, 0.05) is 11.8 Å². The molecule has 0 saturated heterocycles. The number of hydrogen-bond donors (Lipinski definition) is 2. The second kappa shape index (κ2) is 6.00. The topological polar surface area (TPSA) is 105 Å². The average molecular weight is 287 g/mol. The van der Waals surface area contributed by atoms with Gasteiger partial charge in [0.1, 0.15) is 5.69 Å². The van der Waals surface area contributed by atoms with Gasteiger partial charge in [-0.25, -0.2) is 4.79 Å². The smallest absolute Gasteiger partial charge is 0.335 e. The SMILES string of the molecule is Cc1cccc(CNc2cc(C(=O)O)ccc2[N+](=O)[O-])n1. The van der Waals surface area contributed by atoms with Crippen molar-refractivity contribution < 1.29 is 14.8 Å². The number of nitro groups is 1. The number of carbonyl (C=O) groups is 1. The minimum atomic E-state index is -1.14. The summed E-state index contributed by atoms with van der Waals surface area (Å²) in [5, 5.41) is 22.8. The molecule has 0 spiro atoms. The Kier molecular flexibility index (Phi) is 4.13. The van der Waals surface area contributed by atoms with Crippen LogP contribution in [0.15, 0.2) is 36.4 Å². The zero-order chi connectivity index (χ0) is 15.4. The third-order valence-corrected chi connectivity index (χ3v) is 2.85. The van der Waals surface area contributed by atoms with Crippen LogP contribution in [0.4, 0.5) is 11.4 Å². The normalized spacial score (nSPS) is 10.1. The monoisotopic (exact) mass is 287 g/mol. The lowest BCUT2D eigenvalue weighted by atomic mass is 10.1. The van der Waals surface area contributed by atoms with E-state index < -0.39 is 10.9 Å². The molecule has 108 valence electrons. The van der Waals surface area contributed by atoms with E-state index in [1.54, 1.807) is 6.07 Å². The molecule has 2 aromatic rings. The summed E-state index contributed by atoms with van der Waals surface area (Å²) in [6.45, 7) is 2.11. The van der Waals surface area contributed by atoms with Gasteiger partial charge in [-0.2, -0.15) is 0 Å². The van der Waals surface area contributed by atoms with Crippen LogP contribution < -0.4 is 5.32 Å². The molecule has 7 nitrogen and oxygen atoms in total. The molecule has 0 radical (unpaired) electrons. The van der Waals surface area contributed by atoms with E-state index in [1.807, 2.05) is 19.1 Å². The number of nitrogens with one attached hydrogen (secondary N) is 1. The number of nitrogens with zero attached hydrogens (tertiary/aromatic N) is 2. The van der Waals surface area contributed by atoms with Crippen LogP contribution in [0.2, 0.25) is 0 Å². The molecule has 0 fully saturated rings. The standard InChI is InChI=1S/C14H13N3O4/c1-9-3-2-4-11(16-9)8-15-12-7-10(14(18)19)5-6-13(12)17(20)21/h2-7,15H,8H2,1H3,(H,18,19). The second-order valence-corrected chi connectivity index (χ2v) is 4.42. The Balaban J connectivity index is 2.26.